The zero-order chi connectivity index (χ0) is 18.5. The molecule has 6 heteroatoms. The summed E-state index contributed by atoms with van der Waals surface area (Å²) < 4.78 is 4.99. The van der Waals surface area contributed by atoms with E-state index in [1.165, 1.54) is 58.5 Å². The number of carbonyl (C=O) groups is 2. The van der Waals surface area contributed by atoms with Gasteiger partial charge in [0.25, 0.3) is 0 Å². The third-order valence-electron chi connectivity index (χ3n) is 6.57. The van der Waals surface area contributed by atoms with Crippen LogP contribution in [0.4, 0.5) is 0 Å². The number of carbonyl (C=O) groups excluding carboxylic acids is 2. The maximum atomic E-state index is 13.1. The van der Waals surface area contributed by atoms with E-state index >= 15 is 0 Å². The summed E-state index contributed by atoms with van der Waals surface area (Å²) in [6.45, 7) is 2.74. The molecule has 1 amide bonds. The van der Waals surface area contributed by atoms with Crippen LogP contribution in [0.25, 0.3) is 0 Å². The van der Waals surface area contributed by atoms with Gasteiger partial charge in [-0.2, -0.15) is 0 Å². The Morgan fingerprint density at radius 1 is 1.08 bits per heavy atom. The molecule has 3 fully saturated rings. The van der Waals surface area contributed by atoms with Crippen molar-refractivity contribution in [3.05, 3.63) is 0 Å². The number of nitrogens with zero attached hydrogens (tertiary/aromatic N) is 2. The highest BCUT2D eigenvalue weighted by atomic mass is 16.5. The van der Waals surface area contributed by atoms with Gasteiger partial charge in [-0.3, -0.25) is 9.69 Å². The van der Waals surface area contributed by atoms with E-state index < -0.39 is 12.1 Å². The van der Waals surface area contributed by atoms with Gasteiger partial charge in [0, 0.05) is 12.6 Å². The molecule has 0 unspecified atom stereocenters. The minimum Gasteiger partial charge on any atom is -0.467 e. The second-order valence-corrected chi connectivity index (χ2v) is 8.36. The lowest BCUT2D eigenvalue weighted by Gasteiger charge is -2.32. The highest BCUT2D eigenvalue weighted by Crippen LogP contribution is 2.30. The maximum absolute atomic E-state index is 13.1. The number of esters is 1. The fourth-order valence-corrected chi connectivity index (χ4v) is 5.06. The molecular weight excluding hydrogens is 330 g/mol. The summed E-state index contributed by atoms with van der Waals surface area (Å²) in [7, 11) is 1.40. The average molecular weight is 366 g/mol. The van der Waals surface area contributed by atoms with Crippen molar-refractivity contribution in [1.82, 2.24) is 9.80 Å². The van der Waals surface area contributed by atoms with Crippen LogP contribution in [-0.2, 0) is 14.3 Å². The standard InChI is InChI=1S/C20H35N3O3/c1-26-20(25)18-13-16(22-10-6-3-7-11-22)14-23(18)19(24)17(21)12-15-8-4-2-5-9-15/h15-18H,2-14,21H2,1H3/t16-,17-,18+/m1/s1. The van der Waals surface area contributed by atoms with Crippen LogP contribution in [0, 0.1) is 5.92 Å². The topological polar surface area (TPSA) is 75.9 Å². The maximum Gasteiger partial charge on any atom is 0.328 e. The molecule has 148 valence electrons. The van der Waals surface area contributed by atoms with E-state index in [-0.39, 0.29) is 17.9 Å². The highest BCUT2D eigenvalue weighted by molar-refractivity contribution is 5.88. The summed E-state index contributed by atoms with van der Waals surface area (Å²) in [6, 6.07) is -0.715. The number of nitrogens with two attached hydrogens (primary N) is 1. The molecule has 1 aliphatic carbocycles. The SMILES string of the molecule is COC(=O)[C@@H]1C[C@@H](N2CCCCC2)CN1C(=O)[C@H](N)CC1CCCCC1. The lowest BCUT2D eigenvalue weighted by molar-refractivity contribution is -0.151. The lowest BCUT2D eigenvalue weighted by atomic mass is 9.84. The van der Waals surface area contributed by atoms with E-state index in [9.17, 15) is 9.59 Å². The van der Waals surface area contributed by atoms with Crippen molar-refractivity contribution in [3.8, 4) is 0 Å². The predicted molar refractivity (Wildman–Crippen MR) is 101 cm³/mol. The van der Waals surface area contributed by atoms with E-state index in [0.29, 0.717) is 18.9 Å². The van der Waals surface area contributed by atoms with Gasteiger partial charge in [0.1, 0.15) is 6.04 Å². The average Bonchev–Trinajstić information content (AvgIpc) is 3.13. The van der Waals surface area contributed by atoms with Crippen molar-refractivity contribution < 1.29 is 14.3 Å². The van der Waals surface area contributed by atoms with E-state index in [1.54, 1.807) is 4.90 Å². The number of hydrogen-bond acceptors (Lipinski definition) is 5. The van der Waals surface area contributed by atoms with E-state index in [4.69, 9.17) is 10.5 Å². The van der Waals surface area contributed by atoms with Gasteiger partial charge >= 0.3 is 5.97 Å². The molecule has 2 N–H and O–H groups in total. The first kappa shape index (κ1) is 19.6. The highest BCUT2D eigenvalue weighted by Gasteiger charge is 2.43. The van der Waals surface area contributed by atoms with Crippen LogP contribution in [0.15, 0.2) is 0 Å². The van der Waals surface area contributed by atoms with Gasteiger partial charge < -0.3 is 15.4 Å². The van der Waals surface area contributed by atoms with Crippen molar-refractivity contribution in [2.24, 2.45) is 11.7 Å². The number of piperidine rings is 1. The van der Waals surface area contributed by atoms with Crippen LogP contribution >= 0.6 is 0 Å². The molecular formula is C20H35N3O3. The quantitative estimate of drug-likeness (QED) is 0.753. The first-order chi connectivity index (χ1) is 12.6. The second kappa shape index (κ2) is 9.18. The molecule has 0 aromatic heterocycles. The number of methoxy groups -OCH3 is 1. The molecule has 0 radical (unpaired) electrons. The van der Waals surface area contributed by atoms with Gasteiger partial charge in [-0.1, -0.05) is 38.5 Å². The molecule has 0 aromatic rings. The number of hydrogen-bond donors (Lipinski definition) is 1. The fraction of sp³-hybridized carbons (Fsp3) is 0.900. The first-order valence-electron chi connectivity index (χ1n) is 10.5. The third kappa shape index (κ3) is 4.58. The lowest BCUT2D eigenvalue weighted by Crippen LogP contribution is -2.50. The number of rotatable bonds is 5. The van der Waals surface area contributed by atoms with Crippen molar-refractivity contribution in [1.29, 1.82) is 0 Å². The van der Waals surface area contributed by atoms with Crippen LogP contribution < -0.4 is 5.73 Å². The van der Waals surface area contributed by atoms with Crippen LogP contribution in [0.5, 0.6) is 0 Å². The largest absolute Gasteiger partial charge is 0.467 e. The Balaban J connectivity index is 1.63. The first-order valence-corrected chi connectivity index (χ1v) is 10.5. The van der Waals surface area contributed by atoms with Gasteiger partial charge in [0.2, 0.25) is 5.91 Å². The smallest absolute Gasteiger partial charge is 0.328 e. The fourth-order valence-electron chi connectivity index (χ4n) is 5.06. The molecule has 2 heterocycles. The summed E-state index contributed by atoms with van der Waals surface area (Å²) in [5.74, 6) is 0.188. The van der Waals surface area contributed by atoms with Crippen molar-refractivity contribution >= 4 is 11.9 Å². The van der Waals surface area contributed by atoms with E-state index in [2.05, 4.69) is 4.90 Å². The minimum atomic E-state index is -0.495. The van der Waals surface area contributed by atoms with Crippen LogP contribution in [0.2, 0.25) is 0 Å². The van der Waals surface area contributed by atoms with E-state index in [1.807, 2.05) is 0 Å². The monoisotopic (exact) mass is 365 g/mol. The van der Waals surface area contributed by atoms with Crippen LogP contribution in [0.3, 0.4) is 0 Å². The van der Waals surface area contributed by atoms with Crippen LogP contribution in [-0.4, -0.2) is 66.5 Å². The summed E-state index contributed by atoms with van der Waals surface area (Å²) in [5, 5.41) is 0. The van der Waals surface area contributed by atoms with Crippen molar-refractivity contribution in [3.63, 3.8) is 0 Å². The number of likely N-dealkylation sites (tertiary alicyclic amines) is 2. The number of amides is 1. The summed E-state index contributed by atoms with van der Waals surface area (Å²) in [6.07, 6.45) is 11.3. The predicted octanol–water partition coefficient (Wildman–Crippen LogP) is 1.91. The molecule has 0 spiro atoms. The van der Waals surface area contributed by atoms with Gasteiger partial charge in [0.05, 0.1) is 13.2 Å². The zero-order valence-electron chi connectivity index (χ0n) is 16.2. The Morgan fingerprint density at radius 3 is 2.38 bits per heavy atom. The minimum absolute atomic E-state index is 0.0644. The summed E-state index contributed by atoms with van der Waals surface area (Å²) >= 11 is 0. The van der Waals surface area contributed by atoms with Gasteiger partial charge in [-0.15, -0.1) is 0 Å². The molecule has 0 bridgehead atoms. The Hall–Kier alpha value is -1.14. The molecule has 26 heavy (non-hydrogen) atoms. The molecule has 3 rings (SSSR count). The summed E-state index contributed by atoms with van der Waals surface area (Å²) in [5.41, 5.74) is 6.30. The molecule has 2 aliphatic heterocycles. The molecule has 1 saturated carbocycles. The Kier molecular flexibility index (Phi) is 6.92. The molecule has 3 atom stereocenters. The Morgan fingerprint density at radius 2 is 1.73 bits per heavy atom. The normalized spacial score (nSPS) is 29.5. The molecule has 0 aromatic carbocycles. The Labute approximate surface area is 157 Å². The van der Waals surface area contributed by atoms with Gasteiger partial charge in [-0.05, 0) is 44.7 Å². The van der Waals surface area contributed by atoms with Gasteiger partial charge in [-0.25, -0.2) is 4.79 Å². The molecule has 2 saturated heterocycles. The van der Waals surface area contributed by atoms with Crippen LogP contribution in [0.1, 0.15) is 64.2 Å². The van der Waals surface area contributed by atoms with Crippen molar-refractivity contribution in [2.75, 3.05) is 26.7 Å². The van der Waals surface area contributed by atoms with Gasteiger partial charge in [0.15, 0.2) is 0 Å². The zero-order valence-corrected chi connectivity index (χ0v) is 16.2. The summed E-state index contributed by atoms with van der Waals surface area (Å²) in [4.78, 5) is 29.5. The Bertz CT molecular complexity index is 487. The van der Waals surface area contributed by atoms with E-state index in [0.717, 1.165) is 19.5 Å². The molecule has 6 nitrogen and oxygen atoms in total. The molecule has 3 aliphatic rings. The third-order valence-corrected chi connectivity index (χ3v) is 6.57. The van der Waals surface area contributed by atoms with Crippen molar-refractivity contribution in [2.45, 2.75) is 82.3 Å². The second-order valence-electron chi connectivity index (χ2n) is 8.36. The number of ether oxygens (including phenoxy) is 1.